The molecule has 2 aromatic rings. The van der Waals surface area contributed by atoms with E-state index in [0.717, 1.165) is 11.3 Å². The lowest BCUT2D eigenvalue weighted by molar-refractivity contribution is -0.750. The first kappa shape index (κ1) is 12.6. The molecule has 0 unspecified atom stereocenters. The topological polar surface area (TPSA) is 84.0 Å². The number of hydrogen-bond donors (Lipinski definition) is 1. The Labute approximate surface area is 105 Å². The normalized spacial score (nSPS) is 11.4. The van der Waals surface area contributed by atoms with Gasteiger partial charge in [-0.3, -0.25) is 9.54 Å². The minimum Gasteiger partial charge on any atom is -0.285 e. The van der Waals surface area contributed by atoms with Gasteiger partial charge in [-0.25, -0.2) is 0 Å². The smallest absolute Gasteiger partial charge is 0.271 e. The van der Waals surface area contributed by atoms with Gasteiger partial charge in [0.1, 0.15) is 11.9 Å². The van der Waals surface area contributed by atoms with Crippen LogP contribution < -0.4 is 4.68 Å². The Kier molecular flexibility index (Phi) is 3.63. The van der Waals surface area contributed by atoms with E-state index in [1.54, 1.807) is 24.7 Å². The van der Waals surface area contributed by atoms with Crippen LogP contribution in [0.2, 0.25) is 0 Å². The Bertz CT molecular complexity index is 612. The minimum atomic E-state index is -3.96. The maximum atomic E-state index is 10.6. The van der Waals surface area contributed by atoms with Crippen LogP contribution in [0, 0.1) is 0 Å². The molecule has 7 heteroatoms. The van der Waals surface area contributed by atoms with Gasteiger partial charge in [0.2, 0.25) is 0 Å². The number of rotatable bonds is 4. The van der Waals surface area contributed by atoms with Crippen molar-refractivity contribution in [2.45, 2.75) is 6.54 Å². The Balaban J connectivity index is 2.11. The molecule has 94 valence electrons. The fraction of sp³-hybridized carbons (Fsp3) is 0.182. The third-order valence-corrected chi connectivity index (χ3v) is 3.01. The second kappa shape index (κ2) is 5.19. The zero-order valence-corrected chi connectivity index (χ0v) is 10.3. The van der Waals surface area contributed by atoms with Crippen LogP contribution in [0.15, 0.2) is 42.9 Å². The molecule has 0 aliphatic rings. The van der Waals surface area contributed by atoms with Gasteiger partial charge in [-0.05, 0) is 17.2 Å². The van der Waals surface area contributed by atoms with Crippen molar-refractivity contribution in [1.82, 2.24) is 10.1 Å². The van der Waals surface area contributed by atoms with Crippen molar-refractivity contribution in [2.75, 3.05) is 5.75 Å². The number of nitrogens with zero attached hydrogens (tertiary/aromatic N) is 3. The molecule has 0 amide bonds. The van der Waals surface area contributed by atoms with Crippen LogP contribution in [-0.4, -0.2) is 28.8 Å². The Hall–Kier alpha value is -1.86. The van der Waals surface area contributed by atoms with E-state index in [0.29, 0.717) is 0 Å². The molecular formula is C11H12N3O3S+. The highest BCUT2D eigenvalue weighted by atomic mass is 32.2. The molecule has 0 saturated heterocycles. The van der Waals surface area contributed by atoms with Gasteiger partial charge >= 0.3 is 0 Å². The first-order valence-electron chi connectivity index (χ1n) is 5.27. The van der Waals surface area contributed by atoms with E-state index in [-0.39, 0.29) is 12.3 Å². The van der Waals surface area contributed by atoms with Gasteiger partial charge in [0.25, 0.3) is 10.1 Å². The second-order valence-corrected chi connectivity index (χ2v) is 5.25. The highest BCUT2D eigenvalue weighted by Gasteiger charge is 2.11. The number of hydrogen-bond acceptors (Lipinski definition) is 4. The Morgan fingerprint density at radius 3 is 2.67 bits per heavy atom. The molecule has 1 N–H and O–H groups in total. The molecule has 0 aliphatic heterocycles. The molecule has 2 aromatic heterocycles. The molecule has 0 saturated carbocycles. The summed E-state index contributed by atoms with van der Waals surface area (Å²) in [6, 6.07) is 7.35. The quantitative estimate of drug-likeness (QED) is 0.636. The SMILES string of the molecule is O=S(=O)(O)CC[n+]1ccc(-c2ccccn2)cn1. The second-order valence-electron chi connectivity index (χ2n) is 3.68. The molecule has 0 fully saturated rings. The minimum absolute atomic E-state index is 0.112. The van der Waals surface area contributed by atoms with E-state index in [1.165, 1.54) is 4.68 Å². The summed E-state index contributed by atoms with van der Waals surface area (Å²) in [5.41, 5.74) is 1.64. The summed E-state index contributed by atoms with van der Waals surface area (Å²) >= 11 is 0. The fourth-order valence-electron chi connectivity index (χ4n) is 1.41. The van der Waals surface area contributed by atoms with Crippen LogP contribution in [0.4, 0.5) is 0 Å². The van der Waals surface area contributed by atoms with Crippen molar-refractivity contribution in [3.8, 4) is 11.3 Å². The first-order chi connectivity index (χ1) is 8.54. The summed E-state index contributed by atoms with van der Waals surface area (Å²) in [7, 11) is -3.96. The largest absolute Gasteiger partial charge is 0.285 e. The van der Waals surface area contributed by atoms with E-state index in [4.69, 9.17) is 4.55 Å². The van der Waals surface area contributed by atoms with Crippen molar-refractivity contribution in [3.05, 3.63) is 42.9 Å². The van der Waals surface area contributed by atoms with Crippen molar-refractivity contribution in [3.63, 3.8) is 0 Å². The first-order valence-corrected chi connectivity index (χ1v) is 6.88. The number of aryl methyl sites for hydroxylation is 1. The predicted octanol–water partition coefficient (Wildman–Crippen LogP) is 0.319. The van der Waals surface area contributed by atoms with E-state index in [2.05, 4.69) is 10.1 Å². The molecule has 0 aliphatic carbocycles. The predicted molar refractivity (Wildman–Crippen MR) is 64.1 cm³/mol. The standard InChI is InChI=1S/C11H11N3O3S/c15-18(16,17)8-7-14-6-4-10(9-13-14)11-3-1-2-5-12-11/h1-6,9H,7-8H2/p+1. The zero-order valence-electron chi connectivity index (χ0n) is 9.47. The third kappa shape index (κ3) is 3.57. The summed E-state index contributed by atoms with van der Waals surface area (Å²) in [5, 5.41) is 4.06. The molecule has 18 heavy (non-hydrogen) atoms. The molecule has 6 nitrogen and oxygen atoms in total. The molecule has 2 heterocycles. The highest BCUT2D eigenvalue weighted by Crippen LogP contribution is 2.12. The molecule has 0 spiro atoms. The Morgan fingerprint density at radius 2 is 2.11 bits per heavy atom. The van der Waals surface area contributed by atoms with Gasteiger partial charge in [0.15, 0.2) is 12.7 Å². The average molecular weight is 266 g/mol. The van der Waals surface area contributed by atoms with Gasteiger partial charge in [0, 0.05) is 17.8 Å². The van der Waals surface area contributed by atoms with Gasteiger partial charge in [-0.15, -0.1) is 0 Å². The van der Waals surface area contributed by atoms with Gasteiger partial charge in [-0.1, -0.05) is 10.7 Å². The average Bonchev–Trinajstić information content (AvgIpc) is 2.37. The lowest BCUT2D eigenvalue weighted by Crippen LogP contribution is -2.40. The number of aromatic nitrogens is 3. The van der Waals surface area contributed by atoms with Crippen LogP contribution in [0.1, 0.15) is 0 Å². The highest BCUT2D eigenvalue weighted by molar-refractivity contribution is 7.85. The van der Waals surface area contributed by atoms with Gasteiger partial charge in [-0.2, -0.15) is 8.42 Å². The molecular weight excluding hydrogens is 254 g/mol. The monoisotopic (exact) mass is 266 g/mol. The molecule has 0 atom stereocenters. The molecule has 2 rings (SSSR count). The Morgan fingerprint density at radius 1 is 1.28 bits per heavy atom. The number of pyridine rings is 1. The van der Waals surface area contributed by atoms with Crippen LogP contribution >= 0.6 is 0 Å². The maximum absolute atomic E-state index is 10.6. The lowest BCUT2D eigenvalue weighted by atomic mass is 10.2. The van der Waals surface area contributed by atoms with Crippen LogP contribution in [-0.2, 0) is 16.7 Å². The van der Waals surface area contributed by atoms with Crippen molar-refractivity contribution >= 4 is 10.1 Å². The lowest BCUT2D eigenvalue weighted by Gasteiger charge is -1.98. The summed E-state index contributed by atoms with van der Waals surface area (Å²) in [5.74, 6) is -0.354. The van der Waals surface area contributed by atoms with E-state index < -0.39 is 10.1 Å². The zero-order chi connectivity index (χ0) is 13.0. The molecule has 0 aromatic carbocycles. The summed E-state index contributed by atoms with van der Waals surface area (Å²) < 4.78 is 31.3. The van der Waals surface area contributed by atoms with Crippen LogP contribution in [0.3, 0.4) is 0 Å². The van der Waals surface area contributed by atoms with Crippen molar-refractivity contribution in [2.24, 2.45) is 0 Å². The third-order valence-electron chi connectivity index (χ3n) is 2.31. The fourth-order valence-corrected chi connectivity index (χ4v) is 1.83. The van der Waals surface area contributed by atoms with Crippen molar-refractivity contribution < 1.29 is 17.7 Å². The van der Waals surface area contributed by atoms with E-state index in [9.17, 15) is 8.42 Å². The van der Waals surface area contributed by atoms with Crippen molar-refractivity contribution in [1.29, 1.82) is 0 Å². The van der Waals surface area contributed by atoms with Crippen LogP contribution in [0.25, 0.3) is 11.3 Å². The molecule has 0 radical (unpaired) electrons. The maximum Gasteiger partial charge on any atom is 0.271 e. The van der Waals surface area contributed by atoms with Gasteiger partial charge < -0.3 is 0 Å². The molecule has 0 bridgehead atoms. The summed E-state index contributed by atoms with van der Waals surface area (Å²) in [6.07, 6.45) is 4.94. The summed E-state index contributed by atoms with van der Waals surface area (Å²) in [4.78, 5) is 4.18. The van der Waals surface area contributed by atoms with Gasteiger partial charge in [0.05, 0.1) is 5.69 Å². The summed E-state index contributed by atoms with van der Waals surface area (Å²) in [6.45, 7) is 0.112. The van der Waals surface area contributed by atoms with Crippen LogP contribution in [0.5, 0.6) is 0 Å². The van der Waals surface area contributed by atoms with E-state index in [1.807, 2.05) is 18.2 Å². The van der Waals surface area contributed by atoms with E-state index >= 15 is 0 Å².